The van der Waals surface area contributed by atoms with Crippen LogP contribution in [0.25, 0.3) is 0 Å². The molecule has 1 aromatic rings. The number of hydrogen-bond donors (Lipinski definition) is 2. The first-order valence-corrected chi connectivity index (χ1v) is 11.2. The minimum Gasteiger partial charge on any atom is -0.359 e. The van der Waals surface area contributed by atoms with E-state index in [4.69, 9.17) is 0 Å². The van der Waals surface area contributed by atoms with Crippen LogP contribution in [0.1, 0.15) is 26.2 Å². The maximum absolute atomic E-state index is 13.8. The molecule has 7 nitrogen and oxygen atoms in total. The Kier molecular flexibility index (Phi) is 10.9. The number of nitrogens with zero attached hydrogens (tertiary/aromatic N) is 2. The van der Waals surface area contributed by atoms with Gasteiger partial charge in [0.05, 0.1) is 12.3 Å². The Balaban J connectivity index is 0.00000420. The molecule has 1 aromatic carbocycles. The molecule has 0 spiro atoms. The van der Waals surface area contributed by atoms with Crippen LogP contribution in [0.2, 0.25) is 0 Å². The molecule has 1 aliphatic rings. The van der Waals surface area contributed by atoms with Crippen LogP contribution < -0.4 is 10.6 Å². The number of halogens is 2. The fraction of sp³-hybridized carbons (Fsp3) is 0.579. The maximum atomic E-state index is 13.8. The minimum absolute atomic E-state index is 0. The molecule has 1 saturated heterocycles. The van der Waals surface area contributed by atoms with Gasteiger partial charge in [0.2, 0.25) is 5.91 Å². The average Bonchev–Trinajstić information content (AvgIpc) is 2.68. The van der Waals surface area contributed by atoms with E-state index >= 15 is 0 Å². The molecule has 1 aliphatic heterocycles. The van der Waals surface area contributed by atoms with Crippen LogP contribution in [-0.2, 0) is 14.6 Å². The quantitative estimate of drug-likeness (QED) is 0.314. The van der Waals surface area contributed by atoms with Crippen molar-refractivity contribution in [2.24, 2.45) is 10.9 Å². The highest BCUT2D eigenvalue weighted by Crippen LogP contribution is 2.20. The zero-order valence-corrected chi connectivity index (χ0v) is 20.0. The molecule has 2 rings (SSSR count). The number of nitrogens with one attached hydrogen (secondary N) is 2. The molecule has 0 atom stereocenters. The van der Waals surface area contributed by atoms with Gasteiger partial charge in [0.15, 0.2) is 15.8 Å². The number of benzene rings is 1. The predicted molar refractivity (Wildman–Crippen MR) is 123 cm³/mol. The van der Waals surface area contributed by atoms with E-state index in [1.165, 1.54) is 18.2 Å². The number of hydrogen-bond acceptors (Lipinski definition) is 4. The zero-order chi connectivity index (χ0) is 20.6. The number of piperidine rings is 1. The average molecular weight is 540 g/mol. The lowest BCUT2D eigenvalue weighted by atomic mass is 9.93. The third-order valence-corrected chi connectivity index (χ3v) is 6.52. The monoisotopic (exact) mass is 540 g/mol. The first-order valence-electron chi connectivity index (χ1n) is 9.58. The number of aliphatic imine (C=N–C) groups is 1. The summed E-state index contributed by atoms with van der Waals surface area (Å²) in [6.07, 6.45) is 2.29. The third-order valence-electron chi connectivity index (χ3n) is 4.80. The van der Waals surface area contributed by atoms with E-state index < -0.39 is 15.7 Å². The molecule has 2 N–H and O–H groups in total. The zero-order valence-electron chi connectivity index (χ0n) is 16.9. The largest absolute Gasteiger partial charge is 0.359 e. The van der Waals surface area contributed by atoms with E-state index in [1.54, 1.807) is 7.05 Å². The van der Waals surface area contributed by atoms with Crippen LogP contribution in [0.4, 0.5) is 4.39 Å². The second-order valence-electron chi connectivity index (χ2n) is 6.79. The highest BCUT2D eigenvalue weighted by Gasteiger charge is 2.23. The molecule has 0 radical (unpaired) electrons. The Labute approximate surface area is 189 Å². The van der Waals surface area contributed by atoms with Crippen LogP contribution in [0.3, 0.4) is 0 Å². The van der Waals surface area contributed by atoms with Gasteiger partial charge in [0, 0.05) is 33.1 Å². The first kappa shape index (κ1) is 25.6. The van der Waals surface area contributed by atoms with Crippen molar-refractivity contribution in [2.75, 3.05) is 39.0 Å². The normalized spacial score (nSPS) is 15.6. The SMILES string of the molecule is CCNC(=NCCS(=O)(=O)c1ccccc1F)N1CCC(CC(=O)NC)CC1.I. The standard InChI is InChI=1S/C19H29FN4O3S.HI/c1-3-22-19(24-11-8-15(9-12-24)14-18(25)21-2)23-10-13-28(26,27)17-7-5-4-6-16(17)20;/h4-7,15H,3,8-14H2,1-2H3,(H,21,25)(H,22,23);1H. The molecular weight excluding hydrogens is 510 g/mol. The Bertz CT molecular complexity index is 796. The molecule has 10 heteroatoms. The van der Waals surface area contributed by atoms with E-state index in [0.717, 1.165) is 32.0 Å². The molecular formula is C19H30FIN4O3S. The van der Waals surface area contributed by atoms with Crippen LogP contribution in [-0.4, -0.2) is 64.2 Å². The van der Waals surface area contributed by atoms with Gasteiger partial charge in [-0.15, -0.1) is 24.0 Å². The Morgan fingerprint density at radius 3 is 2.52 bits per heavy atom. The lowest BCUT2D eigenvalue weighted by Gasteiger charge is -2.34. The van der Waals surface area contributed by atoms with Gasteiger partial charge in [0.1, 0.15) is 10.7 Å². The van der Waals surface area contributed by atoms with Gasteiger partial charge in [-0.3, -0.25) is 9.79 Å². The highest BCUT2D eigenvalue weighted by atomic mass is 127. The summed E-state index contributed by atoms with van der Waals surface area (Å²) in [5.74, 6) is 0.0646. The molecule has 0 unspecified atom stereocenters. The van der Waals surface area contributed by atoms with Crippen molar-refractivity contribution in [1.29, 1.82) is 0 Å². The van der Waals surface area contributed by atoms with Gasteiger partial charge in [0.25, 0.3) is 0 Å². The predicted octanol–water partition coefficient (Wildman–Crippen LogP) is 2.03. The van der Waals surface area contributed by atoms with E-state index in [9.17, 15) is 17.6 Å². The number of likely N-dealkylation sites (tertiary alicyclic amines) is 1. The van der Waals surface area contributed by atoms with Crippen molar-refractivity contribution in [1.82, 2.24) is 15.5 Å². The van der Waals surface area contributed by atoms with Gasteiger partial charge in [-0.25, -0.2) is 12.8 Å². The van der Waals surface area contributed by atoms with Gasteiger partial charge in [-0.1, -0.05) is 12.1 Å². The second-order valence-corrected chi connectivity index (χ2v) is 8.87. The van der Waals surface area contributed by atoms with Crippen molar-refractivity contribution in [3.63, 3.8) is 0 Å². The van der Waals surface area contributed by atoms with E-state index in [-0.39, 0.29) is 47.1 Å². The Hall–Kier alpha value is -1.43. The van der Waals surface area contributed by atoms with E-state index in [0.29, 0.717) is 24.8 Å². The molecule has 0 saturated carbocycles. The summed E-state index contributed by atoms with van der Waals surface area (Å²) in [4.78, 5) is 17.8. The van der Waals surface area contributed by atoms with Gasteiger partial charge in [-0.05, 0) is 37.8 Å². The lowest BCUT2D eigenvalue weighted by molar-refractivity contribution is -0.121. The van der Waals surface area contributed by atoms with Gasteiger partial charge < -0.3 is 15.5 Å². The van der Waals surface area contributed by atoms with Crippen molar-refractivity contribution in [3.8, 4) is 0 Å². The summed E-state index contributed by atoms with van der Waals surface area (Å²) in [5.41, 5.74) is 0. The van der Waals surface area contributed by atoms with Crippen molar-refractivity contribution in [2.45, 2.75) is 31.1 Å². The molecule has 0 aliphatic carbocycles. The third kappa shape index (κ3) is 7.72. The number of rotatable bonds is 7. The number of sulfone groups is 1. The smallest absolute Gasteiger partial charge is 0.220 e. The Morgan fingerprint density at radius 2 is 1.93 bits per heavy atom. The van der Waals surface area contributed by atoms with Crippen molar-refractivity contribution < 1.29 is 17.6 Å². The molecule has 0 aromatic heterocycles. The van der Waals surface area contributed by atoms with E-state index in [2.05, 4.69) is 20.5 Å². The summed E-state index contributed by atoms with van der Waals surface area (Å²) in [7, 11) is -2.09. The second kappa shape index (κ2) is 12.3. The topological polar surface area (TPSA) is 90.9 Å². The summed E-state index contributed by atoms with van der Waals surface area (Å²) in [6, 6.07) is 5.38. The first-order chi connectivity index (χ1) is 13.4. The lowest BCUT2D eigenvalue weighted by Crippen LogP contribution is -2.46. The molecule has 29 heavy (non-hydrogen) atoms. The van der Waals surface area contributed by atoms with Crippen LogP contribution >= 0.6 is 24.0 Å². The molecule has 1 fully saturated rings. The van der Waals surface area contributed by atoms with Crippen molar-refractivity contribution >= 4 is 45.7 Å². The molecule has 0 bridgehead atoms. The Morgan fingerprint density at radius 1 is 1.28 bits per heavy atom. The molecule has 164 valence electrons. The van der Waals surface area contributed by atoms with Crippen LogP contribution in [0.5, 0.6) is 0 Å². The van der Waals surface area contributed by atoms with E-state index in [1.807, 2.05) is 6.92 Å². The fourth-order valence-electron chi connectivity index (χ4n) is 3.22. The molecule has 1 heterocycles. The number of carbonyl (C=O) groups excluding carboxylic acids is 1. The molecule has 1 amide bonds. The van der Waals surface area contributed by atoms with Crippen LogP contribution in [0, 0.1) is 11.7 Å². The summed E-state index contributed by atoms with van der Waals surface area (Å²) in [5, 5.41) is 5.84. The number of amides is 1. The summed E-state index contributed by atoms with van der Waals surface area (Å²) in [6.45, 7) is 4.18. The van der Waals surface area contributed by atoms with Crippen molar-refractivity contribution in [3.05, 3.63) is 30.1 Å². The number of carbonyl (C=O) groups is 1. The van der Waals surface area contributed by atoms with Crippen LogP contribution in [0.15, 0.2) is 34.2 Å². The minimum atomic E-state index is -3.73. The van der Waals surface area contributed by atoms with Gasteiger partial charge in [-0.2, -0.15) is 0 Å². The maximum Gasteiger partial charge on any atom is 0.220 e. The summed E-state index contributed by atoms with van der Waals surface area (Å²) >= 11 is 0. The number of guanidine groups is 1. The highest BCUT2D eigenvalue weighted by molar-refractivity contribution is 14.0. The fourth-order valence-corrected chi connectivity index (χ4v) is 4.42. The summed E-state index contributed by atoms with van der Waals surface area (Å²) < 4.78 is 38.5. The van der Waals surface area contributed by atoms with Gasteiger partial charge >= 0.3 is 0 Å².